The van der Waals surface area contributed by atoms with Gasteiger partial charge in [-0.1, -0.05) is 13.8 Å². The van der Waals surface area contributed by atoms with E-state index in [0.29, 0.717) is 12.5 Å². The first-order valence-corrected chi connectivity index (χ1v) is 7.12. The molecule has 1 aromatic heterocycles. The molecule has 20 heavy (non-hydrogen) atoms. The standard InChI is InChI=1S/C13H23N5O2/c1-10(2)12(7-18-9-14-8-15-18)17-13(19)16-11-3-5-20-6-4-11/h8-12H,3-7H2,1-2H3,(H2,16,17,19). The van der Waals surface area contributed by atoms with Crippen molar-refractivity contribution in [2.45, 2.75) is 45.3 Å². The molecule has 112 valence electrons. The maximum Gasteiger partial charge on any atom is 0.315 e. The molecule has 0 spiro atoms. The number of hydrogen-bond acceptors (Lipinski definition) is 4. The molecular weight excluding hydrogens is 258 g/mol. The van der Waals surface area contributed by atoms with Crippen molar-refractivity contribution in [2.24, 2.45) is 5.92 Å². The lowest BCUT2D eigenvalue weighted by Gasteiger charge is -2.26. The molecule has 0 bridgehead atoms. The summed E-state index contributed by atoms with van der Waals surface area (Å²) in [4.78, 5) is 16.0. The maximum absolute atomic E-state index is 12.0. The van der Waals surface area contributed by atoms with E-state index >= 15 is 0 Å². The normalized spacial score (nSPS) is 17.9. The van der Waals surface area contributed by atoms with Crippen LogP contribution in [-0.4, -0.2) is 46.1 Å². The van der Waals surface area contributed by atoms with Crippen molar-refractivity contribution in [2.75, 3.05) is 13.2 Å². The monoisotopic (exact) mass is 281 g/mol. The Labute approximate surface area is 119 Å². The number of rotatable bonds is 5. The molecule has 7 nitrogen and oxygen atoms in total. The van der Waals surface area contributed by atoms with Crippen molar-refractivity contribution < 1.29 is 9.53 Å². The van der Waals surface area contributed by atoms with E-state index in [-0.39, 0.29) is 18.1 Å². The molecule has 2 amide bonds. The van der Waals surface area contributed by atoms with Crippen molar-refractivity contribution in [1.29, 1.82) is 0 Å². The highest BCUT2D eigenvalue weighted by Gasteiger charge is 2.20. The van der Waals surface area contributed by atoms with E-state index in [2.05, 4.69) is 34.6 Å². The highest BCUT2D eigenvalue weighted by Crippen LogP contribution is 2.07. The van der Waals surface area contributed by atoms with E-state index in [4.69, 9.17) is 4.74 Å². The van der Waals surface area contributed by atoms with Crippen molar-refractivity contribution in [3.8, 4) is 0 Å². The second-order valence-electron chi connectivity index (χ2n) is 5.47. The third kappa shape index (κ3) is 4.48. The van der Waals surface area contributed by atoms with Gasteiger partial charge in [0.2, 0.25) is 0 Å². The van der Waals surface area contributed by atoms with Crippen LogP contribution in [0.1, 0.15) is 26.7 Å². The number of aromatic nitrogens is 3. The number of ether oxygens (including phenoxy) is 1. The minimum absolute atomic E-state index is 0.0246. The van der Waals surface area contributed by atoms with Gasteiger partial charge in [-0.3, -0.25) is 4.68 Å². The summed E-state index contributed by atoms with van der Waals surface area (Å²) in [5, 5.41) is 10.1. The van der Waals surface area contributed by atoms with Gasteiger partial charge in [0.05, 0.1) is 12.6 Å². The fourth-order valence-corrected chi connectivity index (χ4v) is 2.19. The van der Waals surface area contributed by atoms with Gasteiger partial charge in [0.1, 0.15) is 12.7 Å². The summed E-state index contributed by atoms with van der Waals surface area (Å²) >= 11 is 0. The smallest absolute Gasteiger partial charge is 0.315 e. The summed E-state index contributed by atoms with van der Waals surface area (Å²) in [6, 6.07) is 0.121. The van der Waals surface area contributed by atoms with E-state index in [1.165, 1.54) is 6.33 Å². The number of urea groups is 1. The molecule has 0 saturated carbocycles. The maximum atomic E-state index is 12.0. The molecule has 1 aliphatic heterocycles. The third-order valence-corrected chi connectivity index (χ3v) is 3.53. The van der Waals surface area contributed by atoms with Gasteiger partial charge in [-0.25, -0.2) is 9.78 Å². The Balaban J connectivity index is 1.82. The van der Waals surface area contributed by atoms with Crippen LogP contribution in [0.4, 0.5) is 4.79 Å². The van der Waals surface area contributed by atoms with Gasteiger partial charge in [-0.05, 0) is 18.8 Å². The Morgan fingerprint density at radius 3 is 2.80 bits per heavy atom. The van der Waals surface area contributed by atoms with E-state index in [1.807, 2.05) is 0 Å². The van der Waals surface area contributed by atoms with Crippen molar-refractivity contribution in [3.63, 3.8) is 0 Å². The minimum atomic E-state index is -0.115. The lowest BCUT2D eigenvalue weighted by atomic mass is 10.0. The first kappa shape index (κ1) is 14.8. The van der Waals surface area contributed by atoms with Crippen LogP contribution in [0.15, 0.2) is 12.7 Å². The number of nitrogens with one attached hydrogen (secondary N) is 2. The van der Waals surface area contributed by atoms with Gasteiger partial charge in [-0.15, -0.1) is 0 Å². The molecule has 1 aromatic rings. The van der Waals surface area contributed by atoms with Crippen molar-refractivity contribution >= 4 is 6.03 Å². The van der Waals surface area contributed by atoms with E-state index in [1.54, 1.807) is 11.0 Å². The van der Waals surface area contributed by atoms with Crippen LogP contribution in [0.25, 0.3) is 0 Å². The molecule has 2 N–H and O–H groups in total. The van der Waals surface area contributed by atoms with Crippen molar-refractivity contribution in [3.05, 3.63) is 12.7 Å². The predicted octanol–water partition coefficient (Wildman–Crippen LogP) is 0.781. The Bertz CT molecular complexity index is 401. The Kier molecular flexibility index (Phi) is 5.34. The second kappa shape index (κ2) is 7.23. The number of carbonyl (C=O) groups is 1. The summed E-state index contributed by atoms with van der Waals surface area (Å²) in [6.45, 7) is 6.22. The fraction of sp³-hybridized carbons (Fsp3) is 0.769. The second-order valence-corrected chi connectivity index (χ2v) is 5.47. The molecule has 0 radical (unpaired) electrons. The SMILES string of the molecule is CC(C)C(Cn1cncn1)NC(=O)NC1CCOCC1. The van der Waals surface area contributed by atoms with E-state index in [9.17, 15) is 4.79 Å². The highest BCUT2D eigenvalue weighted by molar-refractivity contribution is 5.74. The van der Waals surface area contributed by atoms with E-state index in [0.717, 1.165) is 26.1 Å². The molecule has 0 aromatic carbocycles. The van der Waals surface area contributed by atoms with Gasteiger partial charge in [-0.2, -0.15) is 5.10 Å². The fourth-order valence-electron chi connectivity index (χ4n) is 2.19. The molecule has 2 heterocycles. The third-order valence-electron chi connectivity index (χ3n) is 3.53. The van der Waals surface area contributed by atoms with E-state index < -0.39 is 0 Å². The average molecular weight is 281 g/mol. The Morgan fingerprint density at radius 2 is 2.20 bits per heavy atom. The molecule has 2 rings (SSSR count). The lowest BCUT2D eigenvalue weighted by Crippen LogP contribution is -2.50. The molecule has 0 aliphatic carbocycles. The number of hydrogen-bond donors (Lipinski definition) is 2. The summed E-state index contributed by atoms with van der Waals surface area (Å²) in [5.74, 6) is 0.319. The summed E-state index contributed by atoms with van der Waals surface area (Å²) in [5.41, 5.74) is 0. The minimum Gasteiger partial charge on any atom is -0.381 e. The molecule has 1 aliphatic rings. The lowest BCUT2D eigenvalue weighted by molar-refractivity contribution is 0.0798. The summed E-state index contributed by atoms with van der Waals surface area (Å²) < 4.78 is 7.02. The molecule has 7 heteroatoms. The van der Waals surface area contributed by atoms with Crippen molar-refractivity contribution in [1.82, 2.24) is 25.4 Å². The van der Waals surface area contributed by atoms with Crippen LogP contribution >= 0.6 is 0 Å². The first-order valence-electron chi connectivity index (χ1n) is 7.12. The molecule has 1 unspecified atom stereocenters. The van der Waals surface area contributed by atoms with Crippen LogP contribution < -0.4 is 10.6 Å². The number of amides is 2. The zero-order valence-corrected chi connectivity index (χ0v) is 12.1. The largest absolute Gasteiger partial charge is 0.381 e. The van der Waals surface area contributed by atoms with Crippen LogP contribution in [-0.2, 0) is 11.3 Å². The molecule has 1 atom stereocenters. The first-order chi connectivity index (χ1) is 9.65. The summed E-state index contributed by atoms with van der Waals surface area (Å²) in [6.07, 6.45) is 4.92. The number of carbonyl (C=O) groups excluding carboxylic acids is 1. The topological polar surface area (TPSA) is 81.1 Å². The van der Waals surface area contributed by atoms with Gasteiger partial charge >= 0.3 is 6.03 Å². The predicted molar refractivity (Wildman–Crippen MR) is 74.2 cm³/mol. The quantitative estimate of drug-likeness (QED) is 0.835. The van der Waals surface area contributed by atoms with Crippen LogP contribution in [0.5, 0.6) is 0 Å². The average Bonchev–Trinajstić information content (AvgIpc) is 2.92. The summed E-state index contributed by atoms with van der Waals surface area (Å²) in [7, 11) is 0. The molecular formula is C13H23N5O2. The highest BCUT2D eigenvalue weighted by atomic mass is 16.5. The number of nitrogens with zero attached hydrogens (tertiary/aromatic N) is 3. The van der Waals surface area contributed by atoms with Gasteiger partial charge < -0.3 is 15.4 Å². The van der Waals surface area contributed by atoms with Crippen LogP contribution in [0.2, 0.25) is 0 Å². The zero-order chi connectivity index (χ0) is 14.4. The Morgan fingerprint density at radius 1 is 1.45 bits per heavy atom. The van der Waals surface area contributed by atoms with Gasteiger partial charge in [0, 0.05) is 19.3 Å². The van der Waals surface area contributed by atoms with Gasteiger partial charge in [0.25, 0.3) is 0 Å². The Hall–Kier alpha value is -1.63. The van der Waals surface area contributed by atoms with Crippen LogP contribution in [0, 0.1) is 5.92 Å². The molecule has 1 fully saturated rings. The zero-order valence-electron chi connectivity index (χ0n) is 12.1. The van der Waals surface area contributed by atoms with Crippen LogP contribution in [0.3, 0.4) is 0 Å². The molecule has 1 saturated heterocycles. The van der Waals surface area contributed by atoms with Gasteiger partial charge in [0.15, 0.2) is 0 Å².